The fraction of sp³-hybridized carbons (Fsp3) is 0.429. The summed E-state index contributed by atoms with van der Waals surface area (Å²) in [6.45, 7) is 2.50. The number of aryl methyl sites for hydroxylation is 4. The Morgan fingerprint density at radius 2 is 2.00 bits per heavy atom. The van der Waals surface area contributed by atoms with Crippen molar-refractivity contribution in [1.29, 1.82) is 0 Å². The Kier molecular flexibility index (Phi) is 5.04. The SMILES string of the molecule is Cc1c(C(=O)OCCCn2c(=O)c3c(ncn3C)n(C)c2=O)sc2nc3n(c(=O)c12)CCC3. The number of nitrogens with zero attached hydrogens (tertiary/aromatic N) is 6. The van der Waals surface area contributed by atoms with Crippen molar-refractivity contribution >= 4 is 38.7 Å². The van der Waals surface area contributed by atoms with Crippen LogP contribution < -0.4 is 16.8 Å². The molecule has 0 atom stereocenters. The van der Waals surface area contributed by atoms with Gasteiger partial charge in [0.2, 0.25) is 0 Å². The van der Waals surface area contributed by atoms with Crippen LogP contribution in [-0.2, 0) is 38.3 Å². The van der Waals surface area contributed by atoms with Gasteiger partial charge < -0.3 is 9.30 Å². The molecule has 4 aromatic rings. The van der Waals surface area contributed by atoms with E-state index in [1.807, 2.05) is 0 Å². The molecule has 0 aromatic carbocycles. The summed E-state index contributed by atoms with van der Waals surface area (Å²) in [6.07, 6.45) is 3.42. The number of rotatable bonds is 5. The molecule has 0 amide bonds. The van der Waals surface area contributed by atoms with E-state index in [-0.39, 0.29) is 25.1 Å². The Morgan fingerprint density at radius 1 is 1.21 bits per heavy atom. The molecule has 33 heavy (non-hydrogen) atoms. The van der Waals surface area contributed by atoms with Gasteiger partial charge in [-0.15, -0.1) is 11.3 Å². The number of thiophene rings is 1. The zero-order chi connectivity index (χ0) is 23.4. The van der Waals surface area contributed by atoms with Crippen LogP contribution in [-0.4, -0.2) is 40.8 Å². The van der Waals surface area contributed by atoms with Crippen molar-refractivity contribution in [2.75, 3.05) is 6.61 Å². The Hall–Kier alpha value is -3.54. The molecule has 172 valence electrons. The van der Waals surface area contributed by atoms with Crippen molar-refractivity contribution in [3.8, 4) is 0 Å². The van der Waals surface area contributed by atoms with Gasteiger partial charge in [-0.25, -0.2) is 19.6 Å². The molecule has 1 aliphatic heterocycles. The van der Waals surface area contributed by atoms with E-state index in [9.17, 15) is 19.2 Å². The molecule has 0 radical (unpaired) electrons. The van der Waals surface area contributed by atoms with Crippen LogP contribution in [0.2, 0.25) is 0 Å². The number of esters is 1. The van der Waals surface area contributed by atoms with E-state index < -0.39 is 17.2 Å². The molecule has 0 unspecified atom stereocenters. The maximum atomic E-state index is 12.8. The number of imidazole rings is 1. The lowest BCUT2D eigenvalue weighted by Gasteiger charge is -2.09. The first-order valence-corrected chi connectivity index (χ1v) is 11.4. The molecule has 1 aliphatic rings. The molecule has 12 heteroatoms. The van der Waals surface area contributed by atoms with Gasteiger partial charge in [-0.05, 0) is 25.3 Å². The second kappa shape index (κ2) is 7.80. The van der Waals surface area contributed by atoms with Crippen LogP contribution in [0.25, 0.3) is 21.4 Å². The van der Waals surface area contributed by atoms with E-state index in [0.29, 0.717) is 38.4 Å². The van der Waals surface area contributed by atoms with Crippen molar-refractivity contribution in [3.05, 3.63) is 53.8 Å². The number of ether oxygens (including phenoxy) is 1. The van der Waals surface area contributed by atoms with E-state index in [0.717, 1.165) is 34.6 Å². The second-order valence-electron chi connectivity index (χ2n) is 8.14. The number of hydrogen-bond donors (Lipinski definition) is 0. The maximum Gasteiger partial charge on any atom is 0.348 e. The highest BCUT2D eigenvalue weighted by Gasteiger charge is 2.24. The molecule has 5 heterocycles. The van der Waals surface area contributed by atoms with Crippen LogP contribution in [0, 0.1) is 6.92 Å². The molecule has 4 aromatic heterocycles. The van der Waals surface area contributed by atoms with Gasteiger partial charge in [0.1, 0.15) is 15.5 Å². The maximum absolute atomic E-state index is 12.8. The zero-order valence-electron chi connectivity index (χ0n) is 18.5. The third-order valence-electron chi connectivity index (χ3n) is 6.06. The van der Waals surface area contributed by atoms with E-state index in [2.05, 4.69) is 9.97 Å². The molecule has 0 bridgehead atoms. The molecule has 0 fully saturated rings. The average molecular weight is 471 g/mol. The predicted molar refractivity (Wildman–Crippen MR) is 122 cm³/mol. The fourth-order valence-electron chi connectivity index (χ4n) is 4.32. The summed E-state index contributed by atoms with van der Waals surface area (Å²) in [6, 6.07) is 0. The molecule has 0 saturated carbocycles. The molecule has 0 aliphatic carbocycles. The number of aromatic nitrogens is 6. The third kappa shape index (κ3) is 3.24. The van der Waals surface area contributed by atoms with Gasteiger partial charge >= 0.3 is 11.7 Å². The van der Waals surface area contributed by atoms with Crippen LogP contribution in [0.1, 0.15) is 33.9 Å². The average Bonchev–Trinajstić information content (AvgIpc) is 3.49. The van der Waals surface area contributed by atoms with Gasteiger partial charge in [0.25, 0.3) is 11.1 Å². The lowest BCUT2D eigenvalue weighted by Crippen LogP contribution is -2.39. The van der Waals surface area contributed by atoms with Gasteiger partial charge in [-0.2, -0.15) is 0 Å². The highest BCUT2D eigenvalue weighted by Crippen LogP contribution is 2.29. The highest BCUT2D eigenvalue weighted by atomic mass is 32.1. The van der Waals surface area contributed by atoms with Crippen molar-refractivity contribution < 1.29 is 9.53 Å². The van der Waals surface area contributed by atoms with Gasteiger partial charge in [0, 0.05) is 33.6 Å². The summed E-state index contributed by atoms with van der Waals surface area (Å²) in [4.78, 5) is 60.3. The summed E-state index contributed by atoms with van der Waals surface area (Å²) >= 11 is 1.16. The van der Waals surface area contributed by atoms with Crippen LogP contribution in [0.15, 0.2) is 20.7 Å². The standard InChI is InChI=1S/C21H22N6O5S/c1-11-13-17(23-12-6-4-7-26(12)18(13)28)33-15(11)20(30)32-9-5-8-27-19(29)14-16(22-10-24(14)2)25(3)21(27)31/h10H,4-9H2,1-3H3. The molecule has 0 spiro atoms. The Labute approximate surface area is 190 Å². The van der Waals surface area contributed by atoms with Crippen molar-refractivity contribution in [2.24, 2.45) is 14.1 Å². The molecular weight excluding hydrogens is 448 g/mol. The lowest BCUT2D eigenvalue weighted by atomic mass is 10.2. The largest absolute Gasteiger partial charge is 0.461 e. The summed E-state index contributed by atoms with van der Waals surface area (Å²) in [5.41, 5.74) is 0.218. The lowest BCUT2D eigenvalue weighted by molar-refractivity contribution is 0.0500. The van der Waals surface area contributed by atoms with Crippen molar-refractivity contribution in [3.63, 3.8) is 0 Å². The Bertz CT molecular complexity index is 1620. The smallest absolute Gasteiger partial charge is 0.348 e. The first-order valence-electron chi connectivity index (χ1n) is 10.6. The van der Waals surface area contributed by atoms with Gasteiger partial charge in [-0.1, -0.05) is 0 Å². The number of carbonyl (C=O) groups is 1. The Balaban J connectivity index is 1.33. The third-order valence-corrected chi connectivity index (χ3v) is 7.22. The quantitative estimate of drug-likeness (QED) is 0.311. The minimum Gasteiger partial charge on any atom is -0.461 e. The fourth-order valence-corrected chi connectivity index (χ4v) is 5.40. The summed E-state index contributed by atoms with van der Waals surface area (Å²) in [7, 11) is 3.25. The van der Waals surface area contributed by atoms with Crippen LogP contribution in [0.4, 0.5) is 0 Å². The van der Waals surface area contributed by atoms with E-state index in [4.69, 9.17) is 4.74 Å². The topological polar surface area (TPSA) is 123 Å². The van der Waals surface area contributed by atoms with Gasteiger partial charge in [0.05, 0.1) is 18.3 Å². The first kappa shape index (κ1) is 21.3. The normalized spacial score (nSPS) is 13.2. The number of hydrogen-bond acceptors (Lipinski definition) is 8. The minimum atomic E-state index is -0.539. The first-order chi connectivity index (χ1) is 15.8. The summed E-state index contributed by atoms with van der Waals surface area (Å²) < 4.78 is 11.1. The Morgan fingerprint density at radius 3 is 2.79 bits per heavy atom. The van der Waals surface area contributed by atoms with Gasteiger partial charge in [0.15, 0.2) is 11.2 Å². The van der Waals surface area contributed by atoms with Crippen LogP contribution in [0.3, 0.4) is 0 Å². The summed E-state index contributed by atoms with van der Waals surface area (Å²) in [5, 5.41) is 0.470. The highest BCUT2D eigenvalue weighted by molar-refractivity contribution is 7.20. The predicted octanol–water partition coefficient (Wildman–Crippen LogP) is 0.707. The second-order valence-corrected chi connectivity index (χ2v) is 9.14. The molecule has 0 N–H and O–H groups in total. The molecule has 11 nitrogen and oxygen atoms in total. The monoisotopic (exact) mass is 470 g/mol. The van der Waals surface area contributed by atoms with Crippen molar-refractivity contribution in [2.45, 2.75) is 39.3 Å². The molecule has 5 rings (SSSR count). The summed E-state index contributed by atoms with van der Waals surface area (Å²) in [5.74, 6) is 0.216. The van der Waals surface area contributed by atoms with Gasteiger partial charge in [-0.3, -0.25) is 23.3 Å². The number of carbonyl (C=O) groups excluding carboxylic acids is 1. The minimum absolute atomic E-state index is 0.0223. The van der Waals surface area contributed by atoms with Crippen LogP contribution >= 0.6 is 11.3 Å². The van der Waals surface area contributed by atoms with E-state index in [1.165, 1.54) is 10.9 Å². The van der Waals surface area contributed by atoms with E-state index >= 15 is 0 Å². The van der Waals surface area contributed by atoms with Crippen LogP contribution in [0.5, 0.6) is 0 Å². The van der Waals surface area contributed by atoms with E-state index in [1.54, 1.807) is 30.2 Å². The zero-order valence-corrected chi connectivity index (χ0v) is 19.3. The van der Waals surface area contributed by atoms with Crippen molar-refractivity contribution in [1.82, 2.24) is 28.2 Å². The molecular formula is C21H22N6O5S. The molecule has 0 saturated heterocycles. The number of fused-ring (bicyclic) bond motifs is 3.